The first kappa shape index (κ1) is 18.9. The van der Waals surface area contributed by atoms with Crippen molar-refractivity contribution in [2.24, 2.45) is 0 Å². The summed E-state index contributed by atoms with van der Waals surface area (Å²) in [4.78, 5) is 33.8. The molecule has 0 fully saturated rings. The van der Waals surface area contributed by atoms with Crippen molar-refractivity contribution in [1.29, 1.82) is 0 Å². The number of carbonyl (C=O) groups is 2. The van der Waals surface area contributed by atoms with Crippen molar-refractivity contribution in [3.05, 3.63) is 34.6 Å². The summed E-state index contributed by atoms with van der Waals surface area (Å²) < 4.78 is 10.2. The monoisotopic (exact) mass is 390 g/mol. The molecule has 8 nitrogen and oxygen atoms in total. The zero-order valence-corrected chi connectivity index (χ0v) is 16.0. The molecule has 0 radical (unpaired) electrons. The van der Waals surface area contributed by atoms with E-state index in [4.69, 9.17) is 21.1 Å². The first-order chi connectivity index (χ1) is 12.9. The summed E-state index contributed by atoms with van der Waals surface area (Å²) in [6.07, 6.45) is -0.124. The van der Waals surface area contributed by atoms with Gasteiger partial charge in [-0.05, 0) is 32.0 Å². The van der Waals surface area contributed by atoms with Crippen molar-refractivity contribution in [2.75, 3.05) is 25.3 Å². The molecule has 1 N–H and O–H groups in total. The number of carbonyl (C=O) groups excluding carboxylic acids is 2. The fourth-order valence-electron chi connectivity index (χ4n) is 2.78. The number of hydrogen-bond acceptors (Lipinski definition) is 8. The summed E-state index contributed by atoms with van der Waals surface area (Å²) in [5.41, 5.74) is 5.00. The third kappa shape index (κ3) is 3.80. The van der Waals surface area contributed by atoms with Crippen LogP contribution in [0.25, 0.3) is 16.6 Å². The van der Waals surface area contributed by atoms with Gasteiger partial charge in [0.05, 0.1) is 36.4 Å². The van der Waals surface area contributed by atoms with Crippen molar-refractivity contribution >= 4 is 46.0 Å². The van der Waals surface area contributed by atoms with E-state index in [1.54, 1.807) is 44.1 Å². The molecule has 1 aromatic heterocycles. The van der Waals surface area contributed by atoms with Crippen LogP contribution in [0.15, 0.2) is 23.9 Å². The van der Waals surface area contributed by atoms with Crippen molar-refractivity contribution in [3.63, 3.8) is 0 Å². The van der Waals surface area contributed by atoms with E-state index in [9.17, 15) is 9.59 Å². The van der Waals surface area contributed by atoms with Gasteiger partial charge < -0.3 is 9.47 Å². The van der Waals surface area contributed by atoms with Crippen molar-refractivity contribution in [1.82, 2.24) is 15.4 Å². The number of anilines is 1. The van der Waals surface area contributed by atoms with Crippen LogP contribution in [0.4, 0.5) is 5.82 Å². The normalized spacial score (nSPS) is 13.3. The number of rotatable bonds is 5. The summed E-state index contributed by atoms with van der Waals surface area (Å²) in [7, 11) is 1.72. The van der Waals surface area contributed by atoms with E-state index < -0.39 is 11.9 Å². The number of hydrazine groups is 1. The van der Waals surface area contributed by atoms with Crippen LogP contribution in [0, 0.1) is 0 Å². The lowest BCUT2D eigenvalue weighted by molar-refractivity contribution is -0.142. The third-order valence-electron chi connectivity index (χ3n) is 3.87. The van der Waals surface area contributed by atoms with Crippen molar-refractivity contribution in [2.45, 2.75) is 20.3 Å². The highest BCUT2D eigenvalue weighted by Gasteiger charge is 2.32. The van der Waals surface area contributed by atoms with E-state index in [2.05, 4.69) is 15.4 Å². The van der Waals surface area contributed by atoms with Crippen molar-refractivity contribution in [3.8, 4) is 0 Å². The number of nitrogens with zero attached hydrogens (tertiary/aromatic N) is 3. The molecule has 0 amide bonds. The maximum atomic E-state index is 12.6. The number of benzene rings is 1. The Morgan fingerprint density at radius 3 is 2.59 bits per heavy atom. The van der Waals surface area contributed by atoms with Gasteiger partial charge in [-0.25, -0.2) is 14.8 Å². The molecule has 2 aromatic rings. The van der Waals surface area contributed by atoms with Gasteiger partial charge in [0.1, 0.15) is 11.3 Å². The molecule has 0 saturated carbocycles. The van der Waals surface area contributed by atoms with Crippen LogP contribution in [0.3, 0.4) is 0 Å². The predicted octanol–water partition coefficient (Wildman–Crippen LogP) is 2.46. The highest BCUT2D eigenvalue weighted by atomic mass is 35.5. The van der Waals surface area contributed by atoms with Crippen LogP contribution in [-0.4, -0.2) is 42.2 Å². The van der Waals surface area contributed by atoms with Crippen LogP contribution < -0.4 is 10.4 Å². The molecule has 27 heavy (non-hydrogen) atoms. The molecule has 0 unspecified atom stereocenters. The predicted molar refractivity (Wildman–Crippen MR) is 101 cm³/mol. The number of aromatic nitrogens is 2. The van der Waals surface area contributed by atoms with E-state index in [0.717, 1.165) is 0 Å². The Morgan fingerprint density at radius 1 is 1.15 bits per heavy atom. The van der Waals surface area contributed by atoms with E-state index >= 15 is 0 Å². The van der Waals surface area contributed by atoms with Gasteiger partial charge in [0.15, 0.2) is 5.82 Å². The molecule has 0 bridgehead atoms. The summed E-state index contributed by atoms with van der Waals surface area (Å²) >= 11 is 6.06. The summed E-state index contributed by atoms with van der Waals surface area (Å²) in [5.74, 6) is -0.606. The topological polar surface area (TPSA) is 93.7 Å². The SMILES string of the molecule is CCOC(=O)CC1=C(C(=O)OCC)c2nc3cc(Cl)ccc3nc2N(C)N1. The third-order valence-corrected chi connectivity index (χ3v) is 4.11. The van der Waals surface area contributed by atoms with Gasteiger partial charge in [0.2, 0.25) is 0 Å². The molecule has 2 heterocycles. The molecule has 3 rings (SSSR count). The maximum absolute atomic E-state index is 12.6. The molecule has 0 spiro atoms. The average molecular weight is 391 g/mol. The van der Waals surface area contributed by atoms with E-state index in [1.807, 2.05) is 0 Å². The molecule has 0 aliphatic carbocycles. The smallest absolute Gasteiger partial charge is 0.342 e. The second-order valence-electron chi connectivity index (χ2n) is 5.76. The number of hydrogen-bond donors (Lipinski definition) is 1. The molecule has 9 heteroatoms. The lowest BCUT2D eigenvalue weighted by Gasteiger charge is -2.30. The Hall–Kier alpha value is -2.87. The molecular weight excluding hydrogens is 372 g/mol. The van der Waals surface area contributed by atoms with Crippen LogP contribution in [0.2, 0.25) is 5.02 Å². The van der Waals surface area contributed by atoms with Gasteiger partial charge >= 0.3 is 11.9 Å². The van der Waals surface area contributed by atoms with Crippen LogP contribution >= 0.6 is 11.6 Å². The first-order valence-corrected chi connectivity index (χ1v) is 8.86. The number of esters is 2. The lowest BCUT2D eigenvalue weighted by atomic mass is 10.1. The molecule has 1 aliphatic rings. The molecule has 1 aliphatic heterocycles. The lowest BCUT2D eigenvalue weighted by Crippen LogP contribution is -2.41. The van der Waals surface area contributed by atoms with E-state index in [-0.39, 0.29) is 25.2 Å². The second-order valence-corrected chi connectivity index (χ2v) is 6.19. The van der Waals surface area contributed by atoms with Gasteiger partial charge in [0, 0.05) is 12.1 Å². The zero-order valence-electron chi connectivity index (χ0n) is 15.2. The number of ether oxygens (including phenoxy) is 2. The van der Waals surface area contributed by atoms with Crippen LogP contribution in [0.1, 0.15) is 26.0 Å². The van der Waals surface area contributed by atoms with Gasteiger partial charge in [-0.2, -0.15) is 0 Å². The Labute approximate surface area is 161 Å². The minimum absolute atomic E-state index is 0.124. The molecule has 142 valence electrons. The highest BCUT2D eigenvalue weighted by molar-refractivity contribution is 6.31. The summed E-state index contributed by atoms with van der Waals surface area (Å²) in [6.45, 7) is 3.86. The number of halogens is 1. The second kappa shape index (κ2) is 7.79. The minimum Gasteiger partial charge on any atom is -0.466 e. The Bertz CT molecular complexity index is 944. The number of nitrogens with one attached hydrogen (secondary N) is 1. The minimum atomic E-state index is -0.589. The summed E-state index contributed by atoms with van der Waals surface area (Å²) in [5, 5.41) is 2.11. The largest absolute Gasteiger partial charge is 0.466 e. The fraction of sp³-hybridized carbons (Fsp3) is 0.333. The van der Waals surface area contributed by atoms with Gasteiger partial charge in [-0.1, -0.05) is 11.6 Å². The standard InChI is InChI=1S/C18H19ClN4O4/c1-4-26-14(24)9-13-15(18(25)27-5-2)16-17(23(3)22-13)21-11-7-6-10(19)8-12(11)20-16/h6-8,22H,4-5,9H2,1-3H3. The maximum Gasteiger partial charge on any atom is 0.342 e. The zero-order chi connectivity index (χ0) is 19.6. The molecule has 0 saturated heterocycles. The van der Waals surface area contributed by atoms with Gasteiger partial charge in [0.25, 0.3) is 0 Å². The molecule has 1 aromatic carbocycles. The Morgan fingerprint density at radius 2 is 1.89 bits per heavy atom. The highest BCUT2D eigenvalue weighted by Crippen LogP contribution is 2.33. The van der Waals surface area contributed by atoms with Crippen LogP contribution in [-0.2, 0) is 19.1 Å². The number of fused-ring (bicyclic) bond motifs is 2. The Kier molecular flexibility index (Phi) is 5.46. The Balaban J connectivity index is 2.18. The first-order valence-electron chi connectivity index (χ1n) is 8.48. The quantitative estimate of drug-likeness (QED) is 0.778. The molecular formula is C18H19ClN4O4. The van der Waals surface area contributed by atoms with E-state index in [1.165, 1.54) is 0 Å². The van der Waals surface area contributed by atoms with E-state index in [0.29, 0.717) is 33.3 Å². The van der Waals surface area contributed by atoms with Crippen LogP contribution in [0.5, 0.6) is 0 Å². The van der Waals surface area contributed by atoms with Gasteiger partial charge in [-0.3, -0.25) is 15.2 Å². The molecule has 0 atom stereocenters. The van der Waals surface area contributed by atoms with Crippen molar-refractivity contribution < 1.29 is 19.1 Å². The summed E-state index contributed by atoms with van der Waals surface area (Å²) in [6, 6.07) is 5.14. The average Bonchev–Trinajstić information content (AvgIpc) is 2.61. The van der Waals surface area contributed by atoms with Gasteiger partial charge in [-0.15, -0.1) is 0 Å². The fourth-order valence-corrected chi connectivity index (χ4v) is 2.95.